The number of hydrogen-bond acceptors (Lipinski definition) is 6. The van der Waals surface area contributed by atoms with E-state index in [1.54, 1.807) is 6.20 Å². The van der Waals surface area contributed by atoms with Crippen molar-refractivity contribution in [1.82, 2.24) is 9.97 Å². The van der Waals surface area contributed by atoms with Crippen molar-refractivity contribution in [1.29, 1.82) is 0 Å². The number of nitrogens with zero attached hydrogens (tertiary/aromatic N) is 4. The number of ether oxygens (including phenoxy) is 1. The number of aromatic nitrogens is 2. The van der Waals surface area contributed by atoms with Gasteiger partial charge in [0.1, 0.15) is 23.3 Å². The normalized spacial score (nSPS) is 16.0. The molecule has 0 unspecified atom stereocenters. The Hall–Kier alpha value is -2.97. The maximum Gasteiger partial charge on any atom is 0.149 e. The van der Waals surface area contributed by atoms with Gasteiger partial charge in [0.25, 0.3) is 0 Å². The molecule has 0 radical (unpaired) electrons. The molecule has 0 saturated carbocycles. The molecule has 1 N–H and O–H groups in total. The van der Waals surface area contributed by atoms with Crippen molar-refractivity contribution >= 4 is 28.9 Å². The van der Waals surface area contributed by atoms with Crippen molar-refractivity contribution in [3.63, 3.8) is 0 Å². The molecular weight excluding hydrogens is 436 g/mol. The van der Waals surface area contributed by atoms with Crippen LogP contribution < -0.4 is 15.1 Å². The zero-order chi connectivity index (χ0) is 22.1. The lowest BCUT2D eigenvalue weighted by Gasteiger charge is -2.32. The number of nitrogens with one attached hydrogen (secondary N) is 1. The molecule has 2 aromatic heterocycles. The van der Waals surface area contributed by atoms with E-state index in [0.717, 1.165) is 47.9 Å². The summed E-state index contributed by atoms with van der Waals surface area (Å²) in [6.45, 7) is 4.38. The van der Waals surface area contributed by atoms with Gasteiger partial charge in [-0.25, -0.2) is 18.7 Å². The van der Waals surface area contributed by atoms with E-state index >= 15 is 0 Å². The zero-order valence-electron chi connectivity index (χ0n) is 17.3. The van der Waals surface area contributed by atoms with Gasteiger partial charge >= 0.3 is 0 Å². The fourth-order valence-electron chi connectivity index (χ4n) is 4.05. The third kappa shape index (κ3) is 4.08. The Kier molecular flexibility index (Phi) is 5.80. The molecule has 2 aliphatic rings. The van der Waals surface area contributed by atoms with Gasteiger partial charge in [-0.1, -0.05) is 11.6 Å². The second-order valence-corrected chi connectivity index (χ2v) is 8.14. The Bertz CT molecular complexity index is 1140. The van der Waals surface area contributed by atoms with E-state index in [2.05, 4.69) is 20.2 Å². The summed E-state index contributed by atoms with van der Waals surface area (Å²) in [5.41, 5.74) is 2.86. The zero-order valence-corrected chi connectivity index (χ0v) is 18.1. The van der Waals surface area contributed by atoms with Gasteiger partial charge in [-0.3, -0.25) is 0 Å². The van der Waals surface area contributed by atoms with Gasteiger partial charge in [-0.2, -0.15) is 0 Å². The maximum absolute atomic E-state index is 14.4. The van der Waals surface area contributed by atoms with Crippen LogP contribution in [0.15, 0.2) is 42.7 Å². The monoisotopic (exact) mass is 457 g/mol. The molecule has 0 amide bonds. The van der Waals surface area contributed by atoms with Crippen LogP contribution in [-0.2, 0) is 11.3 Å². The minimum absolute atomic E-state index is 0.142. The van der Waals surface area contributed by atoms with E-state index in [1.165, 1.54) is 0 Å². The standard InChI is InChI=1S/C23H22ClF2N5O/c24-22-17(18(25)1-2-19(22)26)14-31-6-5-28-23-20(31)11-16(13-29-23)15-3-4-27-21(12-15)30-7-9-32-10-8-30/h1-4,11-13H,5-10,14H2,(H,28,29). The molecule has 5 rings (SSSR count). The first-order valence-electron chi connectivity index (χ1n) is 10.5. The SMILES string of the molecule is Fc1ccc(F)c(CN2CCNc3ncc(-c4ccnc(N5CCOCC5)c4)cc32)c1Cl. The summed E-state index contributed by atoms with van der Waals surface area (Å²) in [6.07, 6.45) is 3.60. The Morgan fingerprint density at radius 3 is 2.66 bits per heavy atom. The Morgan fingerprint density at radius 2 is 1.81 bits per heavy atom. The average molecular weight is 458 g/mol. The van der Waals surface area contributed by atoms with Crippen LogP contribution in [0.1, 0.15) is 5.56 Å². The van der Waals surface area contributed by atoms with E-state index in [9.17, 15) is 8.78 Å². The highest BCUT2D eigenvalue weighted by molar-refractivity contribution is 6.31. The lowest BCUT2D eigenvalue weighted by atomic mass is 10.1. The van der Waals surface area contributed by atoms with E-state index in [0.29, 0.717) is 32.1 Å². The van der Waals surface area contributed by atoms with Gasteiger partial charge in [0.15, 0.2) is 0 Å². The fourth-order valence-corrected chi connectivity index (χ4v) is 4.26. The van der Waals surface area contributed by atoms with E-state index < -0.39 is 11.6 Å². The molecule has 0 bridgehead atoms. The predicted molar refractivity (Wildman–Crippen MR) is 121 cm³/mol. The maximum atomic E-state index is 14.4. The largest absolute Gasteiger partial charge is 0.378 e. The quantitative estimate of drug-likeness (QED) is 0.588. The van der Waals surface area contributed by atoms with Crippen LogP contribution in [0.5, 0.6) is 0 Å². The highest BCUT2D eigenvalue weighted by Gasteiger charge is 2.22. The molecule has 32 heavy (non-hydrogen) atoms. The van der Waals surface area contributed by atoms with Gasteiger partial charge in [0, 0.05) is 56.2 Å². The van der Waals surface area contributed by atoms with Crippen molar-refractivity contribution in [3.05, 3.63) is 64.9 Å². The van der Waals surface area contributed by atoms with Gasteiger partial charge in [-0.05, 0) is 35.9 Å². The smallest absolute Gasteiger partial charge is 0.149 e. The average Bonchev–Trinajstić information content (AvgIpc) is 2.84. The molecule has 0 spiro atoms. The highest BCUT2D eigenvalue weighted by atomic mass is 35.5. The van der Waals surface area contributed by atoms with Crippen molar-refractivity contribution in [2.75, 3.05) is 54.5 Å². The minimum Gasteiger partial charge on any atom is -0.378 e. The number of halogens is 3. The van der Waals surface area contributed by atoms with Crippen molar-refractivity contribution in [2.45, 2.75) is 6.54 Å². The number of morpholine rings is 1. The van der Waals surface area contributed by atoms with Gasteiger partial charge in [0.2, 0.25) is 0 Å². The number of benzene rings is 1. The molecule has 9 heteroatoms. The molecule has 2 aliphatic heterocycles. The summed E-state index contributed by atoms with van der Waals surface area (Å²) in [5.74, 6) is 0.449. The lowest BCUT2D eigenvalue weighted by molar-refractivity contribution is 0.122. The number of hydrogen-bond donors (Lipinski definition) is 1. The topological polar surface area (TPSA) is 53.5 Å². The molecule has 4 heterocycles. The third-order valence-corrected chi connectivity index (χ3v) is 6.19. The van der Waals surface area contributed by atoms with Gasteiger partial charge in [0.05, 0.1) is 23.9 Å². The van der Waals surface area contributed by atoms with Crippen LogP contribution in [-0.4, -0.2) is 49.4 Å². The molecule has 3 aromatic rings. The van der Waals surface area contributed by atoms with Crippen molar-refractivity contribution < 1.29 is 13.5 Å². The Morgan fingerprint density at radius 1 is 1.00 bits per heavy atom. The van der Waals surface area contributed by atoms with E-state index in [1.807, 2.05) is 29.3 Å². The van der Waals surface area contributed by atoms with Crippen LogP contribution >= 0.6 is 11.6 Å². The van der Waals surface area contributed by atoms with Crippen LogP contribution in [0.3, 0.4) is 0 Å². The predicted octanol–water partition coefficient (Wildman–Crippen LogP) is 4.34. The van der Waals surface area contributed by atoms with Gasteiger partial charge < -0.3 is 19.9 Å². The molecule has 166 valence electrons. The summed E-state index contributed by atoms with van der Waals surface area (Å²) >= 11 is 6.07. The van der Waals surface area contributed by atoms with Crippen LogP contribution in [0.25, 0.3) is 11.1 Å². The molecule has 6 nitrogen and oxygen atoms in total. The second-order valence-electron chi connectivity index (χ2n) is 7.76. The van der Waals surface area contributed by atoms with Gasteiger partial charge in [-0.15, -0.1) is 0 Å². The summed E-state index contributed by atoms with van der Waals surface area (Å²) in [5, 5.41) is 3.09. The summed E-state index contributed by atoms with van der Waals surface area (Å²) in [7, 11) is 0. The highest BCUT2D eigenvalue weighted by Crippen LogP contribution is 2.35. The summed E-state index contributed by atoms with van der Waals surface area (Å²) in [6, 6.07) is 8.15. The fraction of sp³-hybridized carbons (Fsp3) is 0.304. The van der Waals surface area contributed by atoms with Crippen LogP contribution in [0, 0.1) is 11.6 Å². The Labute approximate surface area is 189 Å². The second kappa shape index (κ2) is 8.88. The molecular formula is C23H22ClF2N5O. The number of rotatable bonds is 4. The molecule has 1 aromatic carbocycles. The summed E-state index contributed by atoms with van der Waals surface area (Å²) in [4.78, 5) is 13.3. The molecule has 0 aliphatic carbocycles. The summed E-state index contributed by atoms with van der Waals surface area (Å²) < 4.78 is 33.8. The van der Waals surface area contributed by atoms with Crippen LogP contribution in [0.2, 0.25) is 5.02 Å². The Balaban J connectivity index is 1.47. The third-order valence-electron chi connectivity index (χ3n) is 5.78. The first kappa shape index (κ1) is 20.9. The molecule has 1 saturated heterocycles. The molecule has 1 fully saturated rings. The lowest BCUT2D eigenvalue weighted by Crippen LogP contribution is -2.36. The number of fused-ring (bicyclic) bond motifs is 1. The minimum atomic E-state index is -0.627. The molecule has 0 atom stereocenters. The van der Waals surface area contributed by atoms with Crippen molar-refractivity contribution in [3.8, 4) is 11.1 Å². The number of anilines is 3. The van der Waals surface area contributed by atoms with E-state index in [4.69, 9.17) is 16.3 Å². The van der Waals surface area contributed by atoms with E-state index in [-0.39, 0.29) is 17.1 Å². The number of pyridine rings is 2. The first-order valence-corrected chi connectivity index (χ1v) is 10.9. The first-order chi connectivity index (χ1) is 15.6. The van der Waals surface area contributed by atoms with Crippen LogP contribution in [0.4, 0.5) is 26.1 Å². The van der Waals surface area contributed by atoms with Crippen molar-refractivity contribution in [2.24, 2.45) is 0 Å².